The third-order valence-electron chi connectivity index (χ3n) is 3.60. The molecule has 0 amide bonds. The van der Waals surface area contributed by atoms with Gasteiger partial charge in [-0.25, -0.2) is 4.98 Å². The average molecular weight is 408 g/mol. The van der Waals surface area contributed by atoms with Crippen molar-refractivity contribution in [3.63, 3.8) is 0 Å². The topological polar surface area (TPSA) is 54.5 Å². The van der Waals surface area contributed by atoms with Gasteiger partial charge in [0, 0.05) is 37.1 Å². The van der Waals surface area contributed by atoms with Gasteiger partial charge in [0.2, 0.25) is 0 Å². The fourth-order valence-corrected chi connectivity index (χ4v) is 3.10. The van der Waals surface area contributed by atoms with E-state index in [2.05, 4.69) is 27.2 Å². The summed E-state index contributed by atoms with van der Waals surface area (Å²) in [6, 6.07) is 0. The molecule has 2 rings (SSSR count). The van der Waals surface area contributed by atoms with E-state index in [0.29, 0.717) is 0 Å². The Bertz CT molecular complexity index is 425. The Balaban J connectivity index is 0.00000200. The van der Waals surface area contributed by atoms with Crippen LogP contribution >= 0.6 is 35.3 Å². The summed E-state index contributed by atoms with van der Waals surface area (Å²) >= 11 is 1.74. The number of piperidine rings is 1. The minimum absolute atomic E-state index is 0. The minimum atomic E-state index is 0. The zero-order chi connectivity index (χ0) is 13.7. The van der Waals surface area contributed by atoms with Crippen LogP contribution in [0.3, 0.4) is 0 Å². The van der Waals surface area contributed by atoms with E-state index < -0.39 is 0 Å². The van der Waals surface area contributed by atoms with E-state index in [-0.39, 0.29) is 24.0 Å². The summed E-state index contributed by atoms with van der Waals surface area (Å²) in [5.41, 5.74) is 7.16. The molecule has 0 radical (unpaired) electrons. The molecule has 4 nitrogen and oxygen atoms in total. The van der Waals surface area contributed by atoms with Gasteiger partial charge in [-0.3, -0.25) is 4.99 Å². The average Bonchev–Trinajstić information content (AvgIpc) is 2.81. The predicted molar refractivity (Wildman–Crippen MR) is 97.0 cm³/mol. The number of nitrogens with two attached hydrogens (primary N) is 1. The van der Waals surface area contributed by atoms with Crippen molar-refractivity contribution in [3.8, 4) is 0 Å². The molecule has 20 heavy (non-hydrogen) atoms. The van der Waals surface area contributed by atoms with Gasteiger partial charge in [-0.15, -0.1) is 35.3 Å². The van der Waals surface area contributed by atoms with Crippen LogP contribution in [0.2, 0.25) is 0 Å². The molecule has 0 saturated carbocycles. The van der Waals surface area contributed by atoms with Crippen molar-refractivity contribution in [3.05, 3.63) is 16.1 Å². The minimum Gasteiger partial charge on any atom is -0.370 e. The van der Waals surface area contributed by atoms with Crippen LogP contribution in [0.15, 0.2) is 10.4 Å². The number of aryl methyl sites for hydroxylation is 2. The third kappa shape index (κ3) is 5.55. The monoisotopic (exact) mass is 408 g/mol. The maximum absolute atomic E-state index is 6.04. The molecule has 0 aromatic carbocycles. The number of thiazole rings is 1. The summed E-state index contributed by atoms with van der Waals surface area (Å²) in [5.74, 6) is 1.56. The maximum Gasteiger partial charge on any atom is 0.191 e. The van der Waals surface area contributed by atoms with Crippen LogP contribution in [0.25, 0.3) is 0 Å². The number of rotatable bonds is 4. The number of hydrogen-bond donors (Lipinski definition) is 1. The van der Waals surface area contributed by atoms with Crippen molar-refractivity contribution >= 4 is 41.3 Å². The number of aromatic nitrogens is 1. The summed E-state index contributed by atoms with van der Waals surface area (Å²) in [5, 5.41) is 3.31. The number of guanidine groups is 1. The van der Waals surface area contributed by atoms with Crippen molar-refractivity contribution in [2.75, 3.05) is 19.6 Å². The van der Waals surface area contributed by atoms with Crippen molar-refractivity contribution in [2.45, 2.75) is 39.5 Å². The highest BCUT2D eigenvalue weighted by atomic mass is 127. The summed E-state index contributed by atoms with van der Waals surface area (Å²) in [6.07, 6.45) is 4.49. The van der Waals surface area contributed by atoms with Gasteiger partial charge in [0.05, 0.1) is 5.01 Å². The van der Waals surface area contributed by atoms with Gasteiger partial charge in [-0.2, -0.15) is 0 Å². The van der Waals surface area contributed by atoms with Crippen LogP contribution in [0.5, 0.6) is 0 Å². The second-order valence-corrected chi connectivity index (χ2v) is 6.34. The van der Waals surface area contributed by atoms with Crippen LogP contribution < -0.4 is 5.73 Å². The summed E-state index contributed by atoms with van der Waals surface area (Å²) in [7, 11) is 0. The molecular weight excluding hydrogens is 383 g/mol. The smallest absolute Gasteiger partial charge is 0.191 e. The molecule has 1 saturated heterocycles. The van der Waals surface area contributed by atoms with E-state index in [4.69, 9.17) is 5.73 Å². The molecule has 0 aliphatic carbocycles. The number of halogens is 1. The Labute approximate surface area is 142 Å². The van der Waals surface area contributed by atoms with Gasteiger partial charge in [0.15, 0.2) is 5.96 Å². The largest absolute Gasteiger partial charge is 0.370 e. The lowest BCUT2D eigenvalue weighted by Gasteiger charge is -2.31. The highest BCUT2D eigenvalue weighted by molar-refractivity contribution is 14.0. The van der Waals surface area contributed by atoms with Crippen molar-refractivity contribution in [2.24, 2.45) is 16.6 Å². The van der Waals surface area contributed by atoms with Crippen molar-refractivity contribution in [1.29, 1.82) is 0 Å². The lowest BCUT2D eigenvalue weighted by atomic mass is 10.00. The Morgan fingerprint density at radius 3 is 2.80 bits per heavy atom. The van der Waals surface area contributed by atoms with Gasteiger partial charge in [-0.05, 0) is 32.1 Å². The van der Waals surface area contributed by atoms with E-state index >= 15 is 0 Å². The highest BCUT2D eigenvalue weighted by Crippen LogP contribution is 2.15. The van der Waals surface area contributed by atoms with Gasteiger partial charge in [0.25, 0.3) is 0 Å². The molecule has 1 aliphatic heterocycles. The Hall–Kier alpha value is -0.370. The Morgan fingerprint density at radius 1 is 1.50 bits per heavy atom. The summed E-state index contributed by atoms with van der Waals surface area (Å²) in [6.45, 7) is 7.26. The molecule has 2 heterocycles. The van der Waals surface area contributed by atoms with E-state index in [0.717, 1.165) is 50.0 Å². The zero-order valence-corrected chi connectivity index (χ0v) is 15.5. The molecule has 114 valence electrons. The van der Waals surface area contributed by atoms with Crippen LogP contribution in [0, 0.1) is 12.8 Å². The quantitative estimate of drug-likeness (QED) is 0.361. The predicted octanol–water partition coefficient (Wildman–Crippen LogP) is 3.05. The normalized spacial score (nSPS) is 17.1. The second-order valence-electron chi connectivity index (χ2n) is 5.40. The molecule has 0 atom stereocenters. The SMILES string of the molecule is Cc1csc(CCCN=C(N)N2CCC(C)CC2)n1.I. The molecular formula is C14H25IN4S. The molecule has 0 bridgehead atoms. The highest BCUT2D eigenvalue weighted by Gasteiger charge is 2.16. The van der Waals surface area contributed by atoms with Gasteiger partial charge in [-0.1, -0.05) is 6.92 Å². The van der Waals surface area contributed by atoms with Crippen LogP contribution in [0.1, 0.15) is 36.9 Å². The molecule has 2 N–H and O–H groups in total. The van der Waals surface area contributed by atoms with Gasteiger partial charge < -0.3 is 10.6 Å². The van der Waals surface area contributed by atoms with Crippen LogP contribution in [0.4, 0.5) is 0 Å². The first-order valence-electron chi connectivity index (χ1n) is 7.11. The fourth-order valence-electron chi connectivity index (χ4n) is 2.28. The standard InChI is InChI=1S/C14H24N4S.HI/c1-11-5-8-18(9-6-11)14(15)16-7-3-4-13-17-12(2)10-19-13;/h10-11H,3-9H2,1-2H3,(H2,15,16);1H. The lowest BCUT2D eigenvalue weighted by Crippen LogP contribution is -2.42. The van der Waals surface area contributed by atoms with Crippen molar-refractivity contribution in [1.82, 2.24) is 9.88 Å². The second kappa shape index (κ2) is 8.81. The molecule has 1 fully saturated rings. The van der Waals surface area contributed by atoms with Crippen LogP contribution in [-0.4, -0.2) is 35.5 Å². The Kier molecular flexibility index (Phi) is 7.79. The Morgan fingerprint density at radius 2 is 2.20 bits per heavy atom. The first-order valence-corrected chi connectivity index (χ1v) is 7.99. The van der Waals surface area contributed by atoms with E-state index in [9.17, 15) is 0 Å². The zero-order valence-electron chi connectivity index (χ0n) is 12.3. The molecule has 1 aromatic heterocycles. The van der Waals surface area contributed by atoms with Crippen LogP contribution in [-0.2, 0) is 6.42 Å². The molecule has 6 heteroatoms. The maximum atomic E-state index is 6.04. The van der Waals surface area contributed by atoms with E-state index in [1.165, 1.54) is 17.8 Å². The third-order valence-corrected chi connectivity index (χ3v) is 4.62. The molecule has 1 aromatic rings. The van der Waals surface area contributed by atoms with Gasteiger partial charge >= 0.3 is 0 Å². The molecule has 0 spiro atoms. The molecule has 0 unspecified atom stereocenters. The number of hydrogen-bond acceptors (Lipinski definition) is 3. The van der Waals surface area contributed by atoms with Gasteiger partial charge in [0.1, 0.15) is 0 Å². The number of likely N-dealkylation sites (tertiary alicyclic amines) is 1. The van der Waals surface area contributed by atoms with E-state index in [1.807, 2.05) is 6.92 Å². The lowest BCUT2D eigenvalue weighted by molar-refractivity contribution is 0.277. The number of aliphatic imine (C=N–C) groups is 1. The summed E-state index contributed by atoms with van der Waals surface area (Å²) < 4.78 is 0. The van der Waals surface area contributed by atoms with E-state index in [1.54, 1.807) is 11.3 Å². The van der Waals surface area contributed by atoms with Crippen molar-refractivity contribution < 1.29 is 0 Å². The first-order chi connectivity index (χ1) is 9.15. The summed E-state index contributed by atoms with van der Waals surface area (Å²) in [4.78, 5) is 11.2. The number of nitrogens with zero attached hydrogens (tertiary/aromatic N) is 3. The first kappa shape index (κ1) is 17.7. The fraction of sp³-hybridized carbons (Fsp3) is 0.714. The molecule has 1 aliphatic rings.